The summed E-state index contributed by atoms with van der Waals surface area (Å²) in [5.41, 5.74) is 4.40. The van der Waals surface area contributed by atoms with Gasteiger partial charge in [-0.25, -0.2) is 0 Å². The van der Waals surface area contributed by atoms with Gasteiger partial charge in [0.25, 0.3) is 0 Å². The van der Waals surface area contributed by atoms with Gasteiger partial charge in [-0.3, -0.25) is 5.84 Å². The van der Waals surface area contributed by atoms with Crippen LogP contribution in [0.2, 0.25) is 0 Å². The van der Waals surface area contributed by atoms with E-state index in [1.165, 1.54) is 12.0 Å². The standard InChI is InChI=1S/C11H24N2/c1-6-9(2)10(8-13-12)7-11(3,4)5/h8-9,13H,6-7,12H2,1-5H3/b10-8-. The molecule has 0 saturated heterocycles. The molecule has 0 radical (unpaired) electrons. The molecule has 0 saturated carbocycles. The summed E-state index contributed by atoms with van der Waals surface area (Å²) in [5.74, 6) is 5.94. The quantitative estimate of drug-likeness (QED) is 0.521. The lowest BCUT2D eigenvalue weighted by Gasteiger charge is -2.23. The Hall–Kier alpha value is -0.500. The first-order valence-corrected chi connectivity index (χ1v) is 5.05. The molecule has 0 heterocycles. The van der Waals surface area contributed by atoms with Crippen molar-refractivity contribution in [3.05, 3.63) is 11.8 Å². The number of hydrogen-bond donors (Lipinski definition) is 2. The van der Waals surface area contributed by atoms with Crippen LogP contribution >= 0.6 is 0 Å². The first kappa shape index (κ1) is 12.5. The fourth-order valence-electron chi connectivity index (χ4n) is 1.35. The van der Waals surface area contributed by atoms with Gasteiger partial charge in [0.15, 0.2) is 0 Å². The molecule has 0 aliphatic rings. The van der Waals surface area contributed by atoms with Gasteiger partial charge in [-0.2, -0.15) is 0 Å². The lowest BCUT2D eigenvalue weighted by atomic mass is 9.83. The summed E-state index contributed by atoms with van der Waals surface area (Å²) >= 11 is 0. The molecule has 2 heteroatoms. The molecule has 13 heavy (non-hydrogen) atoms. The van der Waals surface area contributed by atoms with Gasteiger partial charge in [-0.1, -0.05) is 34.6 Å². The first-order chi connectivity index (χ1) is 5.90. The molecule has 1 atom stereocenters. The lowest BCUT2D eigenvalue weighted by Crippen LogP contribution is -2.18. The normalized spacial score (nSPS) is 15.7. The van der Waals surface area contributed by atoms with E-state index in [1.807, 2.05) is 6.20 Å². The van der Waals surface area contributed by atoms with Crippen LogP contribution in [0.4, 0.5) is 0 Å². The lowest BCUT2D eigenvalue weighted by molar-refractivity contribution is 0.387. The smallest absolute Gasteiger partial charge is 0.0117 e. The zero-order valence-electron chi connectivity index (χ0n) is 9.65. The van der Waals surface area contributed by atoms with Gasteiger partial charge in [0.05, 0.1) is 0 Å². The summed E-state index contributed by atoms with van der Waals surface area (Å²) in [6, 6.07) is 0. The van der Waals surface area contributed by atoms with E-state index in [9.17, 15) is 0 Å². The third-order valence-electron chi connectivity index (χ3n) is 2.25. The number of nitrogens with one attached hydrogen (secondary N) is 1. The van der Waals surface area contributed by atoms with Crippen LogP contribution in [0.15, 0.2) is 11.8 Å². The first-order valence-electron chi connectivity index (χ1n) is 5.05. The Morgan fingerprint density at radius 1 is 1.46 bits per heavy atom. The topological polar surface area (TPSA) is 38.0 Å². The fraction of sp³-hybridized carbons (Fsp3) is 0.818. The van der Waals surface area contributed by atoms with Gasteiger partial charge in [-0.05, 0) is 29.7 Å². The van der Waals surface area contributed by atoms with Gasteiger partial charge in [0.1, 0.15) is 0 Å². The van der Waals surface area contributed by atoms with Crippen LogP contribution in [-0.4, -0.2) is 0 Å². The van der Waals surface area contributed by atoms with Gasteiger partial charge in [0, 0.05) is 6.20 Å². The van der Waals surface area contributed by atoms with Crippen molar-refractivity contribution >= 4 is 0 Å². The summed E-state index contributed by atoms with van der Waals surface area (Å²) in [6.07, 6.45) is 4.22. The molecule has 0 aromatic rings. The molecule has 0 aromatic heterocycles. The van der Waals surface area contributed by atoms with Gasteiger partial charge >= 0.3 is 0 Å². The molecular weight excluding hydrogens is 160 g/mol. The van der Waals surface area contributed by atoms with Gasteiger partial charge in [-0.15, -0.1) is 0 Å². The van der Waals surface area contributed by atoms with Gasteiger partial charge in [0.2, 0.25) is 0 Å². The van der Waals surface area contributed by atoms with Crippen LogP contribution in [-0.2, 0) is 0 Å². The average molecular weight is 184 g/mol. The summed E-state index contributed by atoms with van der Waals surface area (Å²) in [7, 11) is 0. The van der Waals surface area contributed by atoms with E-state index < -0.39 is 0 Å². The maximum atomic E-state index is 5.31. The van der Waals surface area contributed by atoms with E-state index in [0.29, 0.717) is 11.3 Å². The van der Waals surface area contributed by atoms with E-state index in [1.54, 1.807) is 0 Å². The Balaban J connectivity index is 4.36. The predicted octanol–water partition coefficient (Wildman–Crippen LogP) is 2.82. The van der Waals surface area contributed by atoms with Gasteiger partial charge < -0.3 is 5.43 Å². The minimum atomic E-state index is 0.339. The highest BCUT2D eigenvalue weighted by Gasteiger charge is 2.16. The molecule has 0 aliphatic carbocycles. The SMILES string of the molecule is CCC(C)/C(=C\NN)CC(C)(C)C. The van der Waals surface area contributed by atoms with Crippen LogP contribution in [0, 0.1) is 11.3 Å². The van der Waals surface area contributed by atoms with Crippen molar-refractivity contribution in [2.24, 2.45) is 17.2 Å². The van der Waals surface area contributed by atoms with E-state index in [-0.39, 0.29) is 0 Å². The van der Waals surface area contributed by atoms with E-state index >= 15 is 0 Å². The van der Waals surface area contributed by atoms with Crippen molar-refractivity contribution in [3.8, 4) is 0 Å². The average Bonchev–Trinajstić information content (AvgIpc) is 2.00. The zero-order chi connectivity index (χ0) is 10.5. The molecule has 0 fully saturated rings. The second kappa shape index (κ2) is 5.28. The molecule has 0 aromatic carbocycles. The Kier molecular flexibility index (Phi) is 5.07. The molecule has 2 nitrogen and oxygen atoms in total. The largest absolute Gasteiger partial charge is 0.331 e. The predicted molar refractivity (Wildman–Crippen MR) is 58.9 cm³/mol. The third kappa shape index (κ3) is 5.69. The Morgan fingerprint density at radius 3 is 2.31 bits per heavy atom. The second-order valence-electron chi connectivity index (χ2n) is 4.93. The maximum Gasteiger partial charge on any atom is 0.0117 e. The molecule has 1 unspecified atom stereocenters. The van der Waals surface area contributed by atoms with Crippen molar-refractivity contribution in [3.63, 3.8) is 0 Å². The Labute approximate surface area is 82.6 Å². The maximum absolute atomic E-state index is 5.31. The van der Waals surface area contributed by atoms with Crippen molar-refractivity contribution in [1.82, 2.24) is 5.43 Å². The third-order valence-corrected chi connectivity index (χ3v) is 2.25. The van der Waals surface area contributed by atoms with Crippen LogP contribution in [0.5, 0.6) is 0 Å². The molecule has 0 rings (SSSR count). The van der Waals surface area contributed by atoms with Crippen molar-refractivity contribution in [2.45, 2.75) is 47.5 Å². The summed E-state index contributed by atoms with van der Waals surface area (Å²) < 4.78 is 0. The second-order valence-corrected chi connectivity index (χ2v) is 4.93. The molecule has 0 amide bonds. The molecule has 0 bridgehead atoms. The number of rotatable bonds is 4. The number of nitrogens with two attached hydrogens (primary N) is 1. The fourth-order valence-corrected chi connectivity index (χ4v) is 1.35. The minimum Gasteiger partial charge on any atom is -0.331 e. The monoisotopic (exact) mass is 184 g/mol. The van der Waals surface area contributed by atoms with Crippen molar-refractivity contribution < 1.29 is 0 Å². The van der Waals surface area contributed by atoms with E-state index in [4.69, 9.17) is 5.84 Å². The highest BCUT2D eigenvalue weighted by molar-refractivity contribution is 5.06. The molecule has 3 N–H and O–H groups in total. The Morgan fingerprint density at radius 2 is 2.00 bits per heavy atom. The summed E-state index contributed by atoms with van der Waals surface area (Å²) in [5, 5.41) is 0. The molecule has 78 valence electrons. The number of hydrazine groups is 1. The van der Waals surface area contributed by atoms with Crippen LogP contribution < -0.4 is 11.3 Å². The van der Waals surface area contributed by atoms with Crippen LogP contribution in [0.1, 0.15) is 47.5 Å². The van der Waals surface area contributed by atoms with Crippen molar-refractivity contribution in [1.29, 1.82) is 0 Å². The van der Waals surface area contributed by atoms with Crippen LogP contribution in [0.3, 0.4) is 0 Å². The highest BCUT2D eigenvalue weighted by atomic mass is 15.2. The number of hydrogen-bond acceptors (Lipinski definition) is 2. The zero-order valence-corrected chi connectivity index (χ0v) is 9.65. The van der Waals surface area contributed by atoms with Crippen molar-refractivity contribution in [2.75, 3.05) is 0 Å². The minimum absolute atomic E-state index is 0.339. The number of allylic oxidation sites excluding steroid dienone is 1. The molecular formula is C11H24N2. The molecule has 0 spiro atoms. The van der Waals surface area contributed by atoms with Crippen LogP contribution in [0.25, 0.3) is 0 Å². The molecule has 0 aliphatic heterocycles. The summed E-state index contributed by atoms with van der Waals surface area (Å²) in [6.45, 7) is 11.2. The highest BCUT2D eigenvalue weighted by Crippen LogP contribution is 2.28. The van der Waals surface area contributed by atoms with E-state index in [2.05, 4.69) is 40.0 Å². The summed E-state index contributed by atoms with van der Waals surface area (Å²) in [4.78, 5) is 0. The van der Waals surface area contributed by atoms with E-state index in [0.717, 1.165) is 6.42 Å². The Bertz CT molecular complexity index is 165.